The Balaban J connectivity index is 1.72. The summed E-state index contributed by atoms with van der Waals surface area (Å²) in [6, 6.07) is 15.0. The van der Waals surface area contributed by atoms with E-state index in [1.165, 1.54) is 0 Å². The van der Waals surface area contributed by atoms with Crippen LogP contribution < -0.4 is 15.0 Å². The van der Waals surface area contributed by atoms with Crippen molar-refractivity contribution in [1.29, 1.82) is 0 Å². The predicted octanol–water partition coefficient (Wildman–Crippen LogP) is 3.40. The van der Waals surface area contributed by atoms with Gasteiger partial charge in [0.05, 0.1) is 18.0 Å². The van der Waals surface area contributed by atoms with Crippen molar-refractivity contribution in [3.8, 4) is 5.75 Å². The van der Waals surface area contributed by atoms with Crippen molar-refractivity contribution in [2.24, 2.45) is 0 Å². The molecule has 1 aliphatic rings. The Hall–Kier alpha value is -3.02. The summed E-state index contributed by atoms with van der Waals surface area (Å²) < 4.78 is 5.48. The second-order valence-electron chi connectivity index (χ2n) is 6.65. The minimum absolute atomic E-state index is 0.172. The van der Waals surface area contributed by atoms with Crippen LogP contribution in [0, 0.1) is 0 Å². The number of piperazine rings is 1. The van der Waals surface area contributed by atoms with E-state index in [1.54, 1.807) is 12.1 Å². The molecule has 0 aromatic heterocycles. The van der Waals surface area contributed by atoms with Crippen LogP contribution in [0.25, 0.3) is 0 Å². The molecule has 1 N–H and O–H groups in total. The van der Waals surface area contributed by atoms with Crippen LogP contribution in [-0.2, 0) is 4.79 Å². The van der Waals surface area contributed by atoms with Crippen LogP contribution >= 0.6 is 0 Å². The summed E-state index contributed by atoms with van der Waals surface area (Å²) in [4.78, 5) is 28.8. The van der Waals surface area contributed by atoms with Gasteiger partial charge in [0.2, 0.25) is 5.91 Å². The number of carbonyl (C=O) groups excluding carboxylic acids is 2. The largest absolute Gasteiger partial charge is 0.494 e. The Morgan fingerprint density at radius 2 is 1.75 bits per heavy atom. The Morgan fingerprint density at radius 3 is 2.46 bits per heavy atom. The van der Waals surface area contributed by atoms with E-state index in [1.807, 2.05) is 55.1 Å². The first-order valence-corrected chi connectivity index (χ1v) is 9.78. The molecule has 2 aromatic rings. The van der Waals surface area contributed by atoms with Gasteiger partial charge < -0.3 is 19.9 Å². The van der Waals surface area contributed by atoms with Crippen LogP contribution in [0.2, 0.25) is 0 Å². The number of hydrogen-bond acceptors (Lipinski definition) is 4. The zero-order chi connectivity index (χ0) is 19.9. The van der Waals surface area contributed by atoms with E-state index < -0.39 is 0 Å². The summed E-state index contributed by atoms with van der Waals surface area (Å²) in [6.45, 7) is 7.25. The van der Waals surface area contributed by atoms with E-state index in [9.17, 15) is 9.59 Å². The lowest BCUT2D eigenvalue weighted by molar-refractivity contribution is -0.131. The maximum absolute atomic E-state index is 12.7. The monoisotopic (exact) mass is 381 g/mol. The van der Waals surface area contributed by atoms with E-state index in [-0.39, 0.29) is 11.8 Å². The average molecular weight is 381 g/mol. The number of carbonyl (C=O) groups is 2. The molecule has 0 spiro atoms. The molecule has 2 amide bonds. The Labute approximate surface area is 166 Å². The van der Waals surface area contributed by atoms with Gasteiger partial charge in [-0.1, -0.05) is 25.1 Å². The molecular weight excluding hydrogens is 354 g/mol. The van der Waals surface area contributed by atoms with E-state index in [0.29, 0.717) is 37.4 Å². The molecule has 6 nitrogen and oxygen atoms in total. The lowest BCUT2D eigenvalue weighted by Crippen LogP contribution is -2.48. The van der Waals surface area contributed by atoms with Crippen LogP contribution in [0.1, 0.15) is 30.6 Å². The van der Waals surface area contributed by atoms with E-state index in [4.69, 9.17) is 4.74 Å². The lowest BCUT2D eigenvalue weighted by Gasteiger charge is -2.36. The molecule has 0 atom stereocenters. The summed E-state index contributed by atoms with van der Waals surface area (Å²) in [6.07, 6.45) is 0.535. The minimum atomic E-state index is -0.172. The van der Waals surface area contributed by atoms with Gasteiger partial charge in [-0.15, -0.1) is 0 Å². The van der Waals surface area contributed by atoms with Gasteiger partial charge in [-0.05, 0) is 37.3 Å². The molecule has 0 aliphatic carbocycles. The Morgan fingerprint density at radius 1 is 1.00 bits per heavy atom. The lowest BCUT2D eigenvalue weighted by atomic mass is 10.1. The smallest absolute Gasteiger partial charge is 0.255 e. The third kappa shape index (κ3) is 4.63. The fraction of sp³-hybridized carbons (Fsp3) is 0.364. The van der Waals surface area contributed by atoms with Gasteiger partial charge in [0, 0.05) is 38.2 Å². The zero-order valence-corrected chi connectivity index (χ0v) is 16.5. The maximum atomic E-state index is 12.7. The van der Waals surface area contributed by atoms with Crippen LogP contribution in [0.4, 0.5) is 11.4 Å². The van der Waals surface area contributed by atoms with Gasteiger partial charge in [0.25, 0.3) is 5.91 Å². The number of rotatable bonds is 6. The van der Waals surface area contributed by atoms with Gasteiger partial charge in [-0.25, -0.2) is 0 Å². The van der Waals surface area contributed by atoms with E-state index in [0.717, 1.165) is 24.5 Å². The van der Waals surface area contributed by atoms with Crippen LogP contribution in [0.5, 0.6) is 5.75 Å². The first-order chi connectivity index (χ1) is 13.6. The number of benzene rings is 2. The number of nitrogens with one attached hydrogen (secondary N) is 1. The molecule has 0 saturated carbocycles. The minimum Gasteiger partial charge on any atom is -0.494 e. The first-order valence-electron chi connectivity index (χ1n) is 9.78. The molecular formula is C22H27N3O3. The molecule has 0 radical (unpaired) electrons. The summed E-state index contributed by atoms with van der Waals surface area (Å²) in [5.74, 6) is 0.698. The van der Waals surface area contributed by atoms with Crippen molar-refractivity contribution < 1.29 is 14.3 Å². The Kier molecular flexibility index (Phi) is 6.53. The number of amides is 2. The van der Waals surface area contributed by atoms with Crippen LogP contribution in [0.15, 0.2) is 48.5 Å². The summed E-state index contributed by atoms with van der Waals surface area (Å²) >= 11 is 0. The van der Waals surface area contributed by atoms with E-state index >= 15 is 0 Å². The quantitative estimate of drug-likeness (QED) is 0.833. The van der Waals surface area contributed by atoms with Crippen molar-refractivity contribution in [3.63, 3.8) is 0 Å². The molecule has 1 saturated heterocycles. The fourth-order valence-electron chi connectivity index (χ4n) is 3.36. The Bertz CT molecular complexity index is 829. The summed E-state index contributed by atoms with van der Waals surface area (Å²) in [5, 5.41) is 3.02. The first kappa shape index (κ1) is 19.7. The highest BCUT2D eigenvalue weighted by Crippen LogP contribution is 2.27. The molecule has 1 aliphatic heterocycles. The molecule has 3 rings (SSSR count). The van der Waals surface area contributed by atoms with Crippen LogP contribution in [-0.4, -0.2) is 49.5 Å². The molecule has 2 aromatic carbocycles. The molecule has 28 heavy (non-hydrogen) atoms. The second-order valence-corrected chi connectivity index (χ2v) is 6.65. The number of para-hydroxylation sites is 2. The van der Waals surface area contributed by atoms with Crippen molar-refractivity contribution >= 4 is 23.2 Å². The number of nitrogens with zero attached hydrogens (tertiary/aromatic N) is 2. The summed E-state index contributed by atoms with van der Waals surface area (Å²) in [5.41, 5.74) is 2.30. The third-order valence-electron chi connectivity index (χ3n) is 4.83. The number of anilines is 2. The van der Waals surface area contributed by atoms with Crippen molar-refractivity contribution in [1.82, 2.24) is 4.90 Å². The number of hydrogen-bond donors (Lipinski definition) is 1. The van der Waals surface area contributed by atoms with Crippen molar-refractivity contribution in [3.05, 3.63) is 54.1 Å². The highest BCUT2D eigenvalue weighted by Gasteiger charge is 2.22. The van der Waals surface area contributed by atoms with Crippen LogP contribution in [0.3, 0.4) is 0 Å². The SMILES string of the molecule is CCOc1cccc(C(=O)Nc2ccccc2N2CCN(C(=O)CC)CC2)c1. The third-order valence-corrected chi connectivity index (χ3v) is 4.83. The number of ether oxygens (including phenoxy) is 1. The molecule has 0 unspecified atom stereocenters. The van der Waals surface area contributed by atoms with Gasteiger partial charge >= 0.3 is 0 Å². The molecule has 1 heterocycles. The van der Waals surface area contributed by atoms with E-state index in [2.05, 4.69) is 10.2 Å². The highest BCUT2D eigenvalue weighted by molar-refractivity contribution is 6.06. The highest BCUT2D eigenvalue weighted by atomic mass is 16.5. The second kappa shape index (κ2) is 9.26. The standard InChI is InChI=1S/C22H27N3O3/c1-3-21(26)25-14-12-24(13-15-25)20-11-6-5-10-19(20)23-22(27)17-8-7-9-18(16-17)28-4-2/h5-11,16H,3-4,12-15H2,1-2H3,(H,23,27). The topological polar surface area (TPSA) is 61.9 Å². The summed E-state index contributed by atoms with van der Waals surface area (Å²) in [7, 11) is 0. The normalized spacial score (nSPS) is 13.9. The predicted molar refractivity (Wildman–Crippen MR) is 111 cm³/mol. The zero-order valence-electron chi connectivity index (χ0n) is 16.5. The molecule has 6 heteroatoms. The molecule has 0 bridgehead atoms. The molecule has 1 fully saturated rings. The average Bonchev–Trinajstić information content (AvgIpc) is 2.74. The maximum Gasteiger partial charge on any atom is 0.255 e. The fourth-order valence-corrected chi connectivity index (χ4v) is 3.36. The van der Waals surface area contributed by atoms with Crippen molar-refractivity contribution in [2.45, 2.75) is 20.3 Å². The van der Waals surface area contributed by atoms with Gasteiger partial charge in [0.15, 0.2) is 0 Å². The molecule has 148 valence electrons. The van der Waals surface area contributed by atoms with Gasteiger partial charge in [0.1, 0.15) is 5.75 Å². The van der Waals surface area contributed by atoms with Gasteiger partial charge in [-0.2, -0.15) is 0 Å². The van der Waals surface area contributed by atoms with Gasteiger partial charge in [-0.3, -0.25) is 9.59 Å². The van der Waals surface area contributed by atoms with Crippen molar-refractivity contribution in [2.75, 3.05) is 43.0 Å².